The van der Waals surface area contributed by atoms with Crippen molar-refractivity contribution < 1.29 is 9.13 Å². The van der Waals surface area contributed by atoms with Gasteiger partial charge in [-0.15, -0.1) is 0 Å². The molecule has 4 heterocycles. The number of nitrogens with zero attached hydrogens (tertiary/aromatic N) is 4. The Bertz CT molecular complexity index is 1830. The average molecular weight is 704 g/mol. The van der Waals surface area contributed by atoms with Crippen molar-refractivity contribution >= 4 is 28.5 Å². The van der Waals surface area contributed by atoms with Gasteiger partial charge in [0.25, 0.3) is 0 Å². The number of hydrogen-bond donors (Lipinski definition) is 3. The largest absolute Gasteiger partial charge is 0.388 e. The molecule has 2 fully saturated rings. The molecule has 50 heavy (non-hydrogen) atoms. The van der Waals surface area contributed by atoms with Gasteiger partial charge in [0.15, 0.2) is 5.82 Å². The highest BCUT2D eigenvalue weighted by atomic mass is 35.5. The number of ether oxygens (including phenoxy) is 1. The van der Waals surface area contributed by atoms with Crippen molar-refractivity contribution in [2.24, 2.45) is 22.4 Å². The van der Waals surface area contributed by atoms with Crippen LogP contribution in [0.25, 0.3) is 28.0 Å². The molecule has 2 aliphatic rings. The van der Waals surface area contributed by atoms with E-state index in [1.807, 2.05) is 38.1 Å². The van der Waals surface area contributed by atoms with Gasteiger partial charge in [0.2, 0.25) is 0 Å². The predicted octanol–water partition coefficient (Wildman–Crippen LogP) is 7.32. The molecule has 268 valence electrons. The summed E-state index contributed by atoms with van der Waals surface area (Å²) in [7, 11) is 0. The van der Waals surface area contributed by atoms with E-state index in [1.54, 1.807) is 16.8 Å². The molecule has 0 bridgehead atoms. The summed E-state index contributed by atoms with van der Waals surface area (Å²) in [6.07, 6.45) is 12.1. The normalized spacial score (nSPS) is 20.1. The lowest BCUT2D eigenvalue weighted by molar-refractivity contribution is 0.0408. The lowest BCUT2D eigenvalue weighted by Crippen LogP contribution is -2.43. The van der Waals surface area contributed by atoms with Crippen LogP contribution in [0.2, 0.25) is 5.02 Å². The first-order valence-corrected chi connectivity index (χ1v) is 18.6. The van der Waals surface area contributed by atoms with Crippen molar-refractivity contribution in [3.8, 4) is 16.9 Å². The first kappa shape index (κ1) is 36.2. The molecule has 3 atom stereocenters. The maximum absolute atomic E-state index is 15.3. The quantitative estimate of drug-likeness (QED) is 0.0989. The Morgan fingerprint density at radius 3 is 2.66 bits per heavy atom. The monoisotopic (exact) mass is 703 g/mol. The summed E-state index contributed by atoms with van der Waals surface area (Å²) in [6.45, 7) is 7.34. The number of halogens is 2. The van der Waals surface area contributed by atoms with E-state index >= 15 is 4.39 Å². The van der Waals surface area contributed by atoms with Crippen molar-refractivity contribution in [2.45, 2.75) is 96.2 Å². The first-order valence-electron chi connectivity index (χ1n) is 18.2. The molecule has 0 amide bonds. The van der Waals surface area contributed by atoms with Crippen LogP contribution in [0, 0.1) is 11.7 Å². The minimum Gasteiger partial charge on any atom is -0.388 e. The van der Waals surface area contributed by atoms with Gasteiger partial charge in [-0.2, -0.15) is 4.98 Å². The number of aliphatic imine (C=N–C) groups is 1. The second-order valence-electron chi connectivity index (χ2n) is 14.3. The van der Waals surface area contributed by atoms with Gasteiger partial charge in [-0.25, -0.2) is 9.18 Å². The Labute approximate surface area is 299 Å². The number of H-pyrrole nitrogens is 1. The molecule has 2 aromatic carbocycles. The standard InChI is InChI=1S/C39H51ClFN7O2/c1-25(42)5-3-6-28-21-33(37(41)34(40)22-28)35-23-30-24-48(39(49)46-38(30)45-35)32-11-9-29(10-12-32)36-8-4-7-31(13-17-44-26(2)43)47(36)18-14-27-15-19-50-20-16-27/h9-12,21-25,27,31,36H,3-8,13-20,42H2,1-2H3,(H2,43,44)(H,45,46,49). The zero-order valence-corrected chi connectivity index (χ0v) is 30.1. The van der Waals surface area contributed by atoms with Crippen LogP contribution in [-0.4, -0.2) is 63.7 Å². The summed E-state index contributed by atoms with van der Waals surface area (Å²) in [5.74, 6) is 0.827. The van der Waals surface area contributed by atoms with E-state index in [4.69, 9.17) is 27.8 Å². The molecular weight excluding hydrogens is 653 g/mol. The summed E-state index contributed by atoms with van der Waals surface area (Å²) in [5.41, 5.74) is 15.6. The third-order valence-corrected chi connectivity index (χ3v) is 10.7. The number of nitrogens with two attached hydrogens (primary N) is 2. The van der Waals surface area contributed by atoms with Gasteiger partial charge in [0.1, 0.15) is 5.65 Å². The van der Waals surface area contributed by atoms with Gasteiger partial charge in [-0.1, -0.05) is 23.7 Å². The van der Waals surface area contributed by atoms with Crippen LogP contribution in [0.5, 0.6) is 0 Å². The van der Waals surface area contributed by atoms with Gasteiger partial charge in [0.05, 0.1) is 22.2 Å². The second-order valence-corrected chi connectivity index (χ2v) is 14.7. The minimum atomic E-state index is -0.506. The van der Waals surface area contributed by atoms with Gasteiger partial charge in [-0.3, -0.25) is 14.5 Å². The molecule has 0 aliphatic carbocycles. The molecule has 9 nitrogen and oxygen atoms in total. The minimum absolute atomic E-state index is 0.0650. The Hall–Kier alpha value is -3.57. The smallest absolute Gasteiger partial charge is 0.354 e. The number of aromatic nitrogens is 3. The molecular formula is C39H51ClFN7O2. The molecule has 2 saturated heterocycles. The highest BCUT2D eigenvalue weighted by Crippen LogP contribution is 2.37. The number of hydrogen-bond acceptors (Lipinski definition) is 6. The maximum atomic E-state index is 15.3. The summed E-state index contributed by atoms with van der Waals surface area (Å²) >= 11 is 6.31. The SMILES string of the molecule is CC(N)=NCCC1CCCC(c2ccc(-n3cc4cc(-c5cc(CCCC(C)N)cc(Cl)c5F)[nH]c4nc3=O)cc2)N1CCC1CCOCC1. The van der Waals surface area contributed by atoms with Gasteiger partial charge < -0.3 is 21.2 Å². The third kappa shape index (κ3) is 8.83. The number of nitrogens with one attached hydrogen (secondary N) is 1. The lowest BCUT2D eigenvalue weighted by Gasteiger charge is -2.43. The van der Waals surface area contributed by atoms with Crippen LogP contribution in [0.15, 0.2) is 58.4 Å². The fourth-order valence-electron chi connectivity index (χ4n) is 7.69. The second kappa shape index (κ2) is 16.6. The zero-order chi connectivity index (χ0) is 35.2. The highest BCUT2D eigenvalue weighted by Gasteiger charge is 2.32. The third-order valence-electron chi connectivity index (χ3n) is 10.4. The van der Waals surface area contributed by atoms with Gasteiger partial charge in [-0.05, 0) is 132 Å². The Morgan fingerprint density at radius 2 is 1.92 bits per heavy atom. The van der Waals surface area contributed by atoms with E-state index in [9.17, 15) is 4.79 Å². The number of rotatable bonds is 13. The summed E-state index contributed by atoms with van der Waals surface area (Å²) in [4.78, 5) is 28.0. The zero-order valence-electron chi connectivity index (χ0n) is 29.3. The van der Waals surface area contributed by atoms with Gasteiger partial charge >= 0.3 is 5.69 Å². The number of benzene rings is 2. The van der Waals surface area contributed by atoms with E-state index in [-0.39, 0.29) is 11.1 Å². The van der Waals surface area contributed by atoms with E-state index in [0.717, 1.165) is 95.3 Å². The summed E-state index contributed by atoms with van der Waals surface area (Å²) in [5, 5.41) is 0.765. The highest BCUT2D eigenvalue weighted by molar-refractivity contribution is 6.31. The van der Waals surface area contributed by atoms with Crippen LogP contribution in [0.3, 0.4) is 0 Å². The number of aryl methyl sites for hydroxylation is 1. The number of piperidine rings is 1. The Morgan fingerprint density at radius 1 is 1.14 bits per heavy atom. The topological polar surface area (TPSA) is 128 Å². The van der Waals surface area contributed by atoms with Crippen LogP contribution < -0.4 is 17.2 Å². The molecule has 0 saturated carbocycles. The average Bonchev–Trinajstić information content (AvgIpc) is 3.51. The van der Waals surface area contributed by atoms with Crippen LogP contribution in [0.1, 0.15) is 88.8 Å². The molecule has 11 heteroatoms. The lowest BCUT2D eigenvalue weighted by atomic mass is 9.87. The fraction of sp³-hybridized carbons (Fsp3) is 0.513. The summed E-state index contributed by atoms with van der Waals surface area (Å²) < 4.78 is 22.4. The van der Waals surface area contributed by atoms with E-state index in [0.29, 0.717) is 46.1 Å². The molecule has 2 aromatic heterocycles. The number of fused-ring (bicyclic) bond motifs is 1. The molecule has 6 rings (SSSR count). The van der Waals surface area contributed by atoms with Gasteiger partial charge in [0, 0.05) is 55.0 Å². The molecule has 3 unspecified atom stereocenters. The van der Waals surface area contributed by atoms with Crippen molar-refractivity contribution in [2.75, 3.05) is 26.3 Å². The number of amidine groups is 1. The van der Waals surface area contributed by atoms with E-state index in [2.05, 4.69) is 32.0 Å². The maximum Gasteiger partial charge on any atom is 0.354 e. The van der Waals surface area contributed by atoms with E-state index < -0.39 is 11.5 Å². The van der Waals surface area contributed by atoms with Crippen molar-refractivity contribution in [1.82, 2.24) is 19.4 Å². The van der Waals surface area contributed by atoms with Crippen LogP contribution >= 0.6 is 11.6 Å². The molecule has 2 aliphatic heterocycles. The number of likely N-dealkylation sites (tertiary alicyclic amines) is 1. The Balaban J connectivity index is 1.23. The Kier molecular flexibility index (Phi) is 12.1. The number of aromatic amines is 1. The first-order chi connectivity index (χ1) is 24.2. The molecule has 0 radical (unpaired) electrons. The summed E-state index contributed by atoms with van der Waals surface area (Å²) in [6, 6.07) is 14.5. The van der Waals surface area contributed by atoms with Crippen LogP contribution in [0.4, 0.5) is 4.39 Å². The molecule has 0 spiro atoms. The van der Waals surface area contributed by atoms with Crippen molar-refractivity contribution in [3.63, 3.8) is 0 Å². The molecule has 5 N–H and O–H groups in total. The molecule has 4 aromatic rings. The van der Waals surface area contributed by atoms with Crippen LogP contribution in [-0.2, 0) is 11.2 Å². The predicted molar refractivity (Wildman–Crippen MR) is 201 cm³/mol. The fourth-order valence-corrected chi connectivity index (χ4v) is 7.93. The van der Waals surface area contributed by atoms with Crippen molar-refractivity contribution in [3.05, 3.63) is 81.1 Å². The van der Waals surface area contributed by atoms with E-state index in [1.165, 1.54) is 12.0 Å². The van der Waals surface area contributed by atoms with Crippen molar-refractivity contribution in [1.29, 1.82) is 0 Å².